The van der Waals surface area contributed by atoms with Crippen LogP contribution in [0.3, 0.4) is 0 Å². The molecule has 8 aromatic carbocycles. The van der Waals surface area contributed by atoms with E-state index in [0.717, 1.165) is 72.0 Å². The lowest BCUT2D eigenvalue weighted by atomic mass is 9.98. The molecule has 0 bridgehead atoms. The van der Waals surface area contributed by atoms with Crippen LogP contribution in [0.4, 0.5) is 0 Å². The average molecular weight is 717 g/mol. The summed E-state index contributed by atoms with van der Waals surface area (Å²) in [6.45, 7) is 0. The molecule has 11 aromatic rings. The molecule has 0 fully saturated rings. The van der Waals surface area contributed by atoms with Crippen LogP contribution < -0.4 is 0 Å². The lowest BCUT2D eigenvalue weighted by Gasteiger charge is -2.14. The number of rotatable bonds is 6. The summed E-state index contributed by atoms with van der Waals surface area (Å²) in [6.07, 6.45) is 0. The van der Waals surface area contributed by atoms with Crippen molar-refractivity contribution in [2.75, 3.05) is 0 Å². The fraction of sp³-hybridized carbons (Fsp3) is 0. The minimum atomic E-state index is 0.579. The predicted octanol–water partition coefficient (Wildman–Crippen LogP) is 13.2. The first kappa shape index (κ1) is 31.9. The molecule has 0 aliphatic carbocycles. The predicted molar refractivity (Wildman–Crippen MR) is 229 cm³/mol. The van der Waals surface area contributed by atoms with E-state index in [2.05, 4.69) is 120 Å². The van der Waals surface area contributed by atoms with Gasteiger partial charge in [0, 0.05) is 38.4 Å². The highest BCUT2D eigenvalue weighted by Crippen LogP contribution is 2.45. The van der Waals surface area contributed by atoms with Crippen molar-refractivity contribution in [3.05, 3.63) is 194 Å². The van der Waals surface area contributed by atoms with E-state index in [1.54, 1.807) is 0 Å². The van der Waals surface area contributed by atoms with Gasteiger partial charge in [0.1, 0.15) is 11.2 Å². The molecule has 3 heterocycles. The third kappa shape index (κ3) is 5.21. The summed E-state index contributed by atoms with van der Waals surface area (Å²) in [4.78, 5) is 15.4. The molecule has 0 amide bonds. The van der Waals surface area contributed by atoms with E-state index in [0.29, 0.717) is 17.5 Å². The first-order valence-corrected chi connectivity index (χ1v) is 18.8. The number of hydrogen-bond donors (Lipinski definition) is 0. The van der Waals surface area contributed by atoms with Crippen LogP contribution in [0.2, 0.25) is 0 Å². The van der Waals surface area contributed by atoms with Crippen molar-refractivity contribution in [3.8, 4) is 62.1 Å². The number of para-hydroxylation sites is 1. The minimum absolute atomic E-state index is 0.579. The Balaban J connectivity index is 1.26. The summed E-state index contributed by atoms with van der Waals surface area (Å²) in [5.41, 5.74) is 12.0. The standard InChI is InChI=1S/C51H32N4O/c1-5-16-33(17-6-1)37-28-29-40-39-24-13-14-26-42(39)55(44(40)32-37)43-31-30-38(34-18-7-2-8-19-34)48-47(43)46-41(25-15-27-45(46)56-48)51-53-49(35-20-9-3-10-21-35)52-50(54-51)36-22-11-4-12-23-36/h1-32H. The fourth-order valence-electron chi connectivity index (χ4n) is 8.09. The summed E-state index contributed by atoms with van der Waals surface area (Å²) < 4.78 is 9.40. The highest BCUT2D eigenvalue weighted by molar-refractivity contribution is 6.20. The number of nitrogens with zero attached hydrogens (tertiary/aromatic N) is 4. The minimum Gasteiger partial charge on any atom is -0.455 e. The summed E-state index contributed by atoms with van der Waals surface area (Å²) in [7, 11) is 0. The van der Waals surface area contributed by atoms with E-state index in [9.17, 15) is 0 Å². The molecular weight excluding hydrogens is 685 g/mol. The third-order valence-corrected chi connectivity index (χ3v) is 10.7. The molecule has 56 heavy (non-hydrogen) atoms. The van der Waals surface area contributed by atoms with Crippen molar-refractivity contribution in [2.45, 2.75) is 0 Å². The lowest BCUT2D eigenvalue weighted by Crippen LogP contribution is -2.00. The van der Waals surface area contributed by atoms with Gasteiger partial charge in [0.25, 0.3) is 0 Å². The maximum atomic E-state index is 7.00. The van der Waals surface area contributed by atoms with Crippen LogP contribution in [0.5, 0.6) is 0 Å². The van der Waals surface area contributed by atoms with E-state index in [-0.39, 0.29) is 0 Å². The van der Waals surface area contributed by atoms with Crippen molar-refractivity contribution in [1.82, 2.24) is 19.5 Å². The summed E-state index contributed by atoms with van der Waals surface area (Å²) >= 11 is 0. The van der Waals surface area contributed by atoms with Gasteiger partial charge in [0.15, 0.2) is 17.5 Å². The Morgan fingerprint density at radius 1 is 0.357 bits per heavy atom. The van der Waals surface area contributed by atoms with E-state index in [1.165, 1.54) is 16.3 Å². The smallest absolute Gasteiger partial charge is 0.164 e. The Morgan fingerprint density at radius 2 is 0.929 bits per heavy atom. The molecule has 11 rings (SSSR count). The zero-order valence-corrected chi connectivity index (χ0v) is 30.2. The van der Waals surface area contributed by atoms with Crippen LogP contribution in [0, 0.1) is 0 Å². The molecule has 3 aromatic heterocycles. The van der Waals surface area contributed by atoms with Gasteiger partial charge in [0.2, 0.25) is 0 Å². The molecule has 0 aliphatic heterocycles. The number of fused-ring (bicyclic) bond motifs is 6. The highest BCUT2D eigenvalue weighted by Gasteiger charge is 2.24. The Hall–Kier alpha value is -7.63. The number of benzene rings is 8. The molecule has 0 atom stereocenters. The molecule has 0 saturated heterocycles. The normalized spacial score (nSPS) is 11.6. The van der Waals surface area contributed by atoms with Gasteiger partial charge in [-0.05, 0) is 47.0 Å². The van der Waals surface area contributed by atoms with Crippen LogP contribution in [0.25, 0.3) is 106 Å². The number of aromatic nitrogens is 4. The van der Waals surface area contributed by atoms with Crippen LogP contribution in [0.15, 0.2) is 199 Å². The lowest BCUT2D eigenvalue weighted by molar-refractivity contribution is 0.670. The largest absolute Gasteiger partial charge is 0.455 e. The van der Waals surface area contributed by atoms with Crippen LogP contribution in [0.1, 0.15) is 0 Å². The van der Waals surface area contributed by atoms with Crippen molar-refractivity contribution >= 4 is 43.7 Å². The topological polar surface area (TPSA) is 56.7 Å². The molecule has 0 N–H and O–H groups in total. The van der Waals surface area contributed by atoms with Gasteiger partial charge in [0.05, 0.1) is 22.1 Å². The van der Waals surface area contributed by atoms with Crippen molar-refractivity contribution in [1.29, 1.82) is 0 Å². The van der Waals surface area contributed by atoms with Gasteiger partial charge in [-0.1, -0.05) is 164 Å². The molecular formula is C51H32N4O. The second-order valence-electron chi connectivity index (χ2n) is 14.0. The third-order valence-electron chi connectivity index (χ3n) is 10.7. The van der Waals surface area contributed by atoms with Gasteiger partial charge in [-0.3, -0.25) is 0 Å². The van der Waals surface area contributed by atoms with Gasteiger partial charge in [-0.15, -0.1) is 0 Å². The fourth-order valence-corrected chi connectivity index (χ4v) is 8.09. The Labute approximate surface area is 322 Å². The second-order valence-corrected chi connectivity index (χ2v) is 14.0. The van der Waals surface area contributed by atoms with Crippen LogP contribution >= 0.6 is 0 Å². The van der Waals surface area contributed by atoms with E-state index >= 15 is 0 Å². The average Bonchev–Trinajstić information content (AvgIpc) is 3.83. The Morgan fingerprint density at radius 3 is 1.61 bits per heavy atom. The van der Waals surface area contributed by atoms with Crippen molar-refractivity contribution in [3.63, 3.8) is 0 Å². The van der Waals surface area contributed by atoms with Crippen molar-refractivity contribution in [2.24, 2.45) is 0 Å². The van der Waals surface area contributed by atoms with E-state index < -0.39 is 0 Å². The van der Waals surface area contributed by atoms with Crippen molar-refractivity contribution < 1.29 is 4.42 Å². The SMILES string of the molecule is c1ccc(-c2ccc3c4ccccc4n(-c4ccc(-c5ccccc5)c5oc6cccc(-c7nc(-c8ccccc8)nc(-c8ccccc8)n7)c6c45)c3c2)cc1. The Bertz CT molecular complexity index is 3170. The molecule has 5 heteroatoms. The molecule has 0 spiro atoms. The quantitative estimate of drug-likeness (QED) is 0.172. The van der Waals surface area contributed by atoms with Gasteiger partial charge in [-0.25, -0.2) is 15.0 Å². The summed E-state index contributed by atoms with van der Waals surface area (Å²) in [5, 5.41) is 4.32. The Kier molecular flexibility index (Phi) is 7.42. The molecule has 0 unspecified atom stereocenters. The maximum absolute atomic E-state index is 7.00. The first-order valence-electron chi connectivity index (χ1n) is 18.8. The van der Waals surface area contributed by atoms with Gasteiger partial charge < -0.3 is 8.98 Å². The zero-order valence-electron chi connectivity index (χ0n) is 30.2. The van der Waals surface area contributed by atoms with E-state index in [1.807, 2.05) is 78.9 Å². The summed E-state index contributed by atoms with van der Waals surface area (Å²) in [6, 6.07) is 67.3. The number of furan rings is 1. The summed E-state index contributed by atoms with van der Waals surface area (Å²) in [5.74, 6) is 1.80. The molecule has 0 radical (unpaired) electrons. The van der Waals surface area contributed by atoms with Crippen LogP contribution in [-0.2, 0) is 0 Å². The molecule has 5 nitrogen and oxygen atoms in total. The van der Waals surface area contributed by atoms with E-state index in [4.69, 9.17) is 19.4 Å². The zero-order chi connectivity index (χ0) is 37.0. The molecule has 262 valence electrons. The first-order chi connectivity index (χ1) is 27.8. The van der Waals surface area contributed by atoms with Crippen LogP contribution in [-0.4, -0.2) is 19.5 Å². The molecule has 0 aliphatic rings. The van der Waals surface area contributed by atoms with Gasteiger partial charge in [-0.2, -0.15) is 0 Å². The maximum Gasteiger partial charge on any atom is 0.164 e. The number of hydrogen-bond acceptors (Lipinski definition) is 4. The monoisotopic (exact) mass is 716 g/mol. The molecule has 0 saturated carbocycles. The second kappa shape index (κ2) is 13.0. The highest BCUT2D eigenvalue weighted by atomic mass is 16.3. The van der Waals surface area contributed by atoms with Gasteiger partial charge >= 0.3 is 0 Å².